The summed E-state index contributed by atoms with van der Waals surface area (Å²) in [5.41, 5.74) is 1.57. The van der Waals surface area contributed by atoms with E-state index in [4.69, 9.17) is 4.74 Å². The van der Waals surface area contributed by atoms with Crippen molar-refractivity contribution >= 4 is 17.5 Å². The zero-order valence-corrected chi connectivity index (χ0v) is 15.7. The van der Waals surface area contributed by atoms with Crippen LogP contribution in [0.2, 0.25) is 0 Å². The summed E-state index contributed by atoms with van der Waals surface area (Å²) >= 11 is 0. The Kier molecular flexibility index (Phi) is 6.54. The van der Waals surface area contributed by atoms with Crippen LogP contribution in [0.3, 0.4) is 0 Å². The van der Waals surface area contributed by atoms with Gasteiger partial charge in [0, 0.05) is 57.3 Å². The van der Waals surface area contributed by atoms with Crippen LogP contribution < -0.4 is 10.2 Å². The number of methoxy groups -OCH3 is 1. The molecule has 28 heavy (non-hydrogen) atoms. The van der Waals surface area contributed by atoms with Crippen LogP contribution in [0.4, 0.5) is 10.1 Å². The van der Waals surface area contributed by atoms with Gasteiger partial charge in [-0.05, 0) is 36.4 Å². The number of carbonyl (C=O) groups is 2. The largest absolute Gasteiger partial charge is 0.383 e. The van der Waals surface area contributed by atoms with Gasteiger partial charge >= 0.3 is 0 Å². The Morgan fingerprint density at radius 2 is 1.86 bits per heavy atom. The molecule has 148 valence electrons. The summed E-state index contributed by atoms with van der Waals surface area (Å²) in [5, 5.41) is 2.72. The van der Waals surface area contributed by atoms with Gasteiger partial charge in [-0.3, -0.25) is 14.6 Å². The molecule has 1 fully saturated rings. The molecule has 0 radical (unpaired) electrons. The molecule has 1 aliphatic rings. The molecule has 0 saturated carbocycles. The molecular weight excluding hydrogens is 363 g/mol. The molecule has 1 aromatic carbocycles. The van der Waals surface area contributed by atoms with Gasteiger partial charge in [0.25, 0.3) is 11.8 Å². The van der Waals surface area contributed by atoms with Crippen molar-refractivity contribution in [3.8, 4) is 0 Å². The molecule has 2 aromatic rings. The topological polar surface area (TPSA) is 74.8 Å². The van der Waals surface area contributed by atoms with Gasteiger partial charge in [-0.1, -0.05) is 0 Å². The number of piperazine rings is 1. The first-order valence-electron chi connectivity index (χ1n) is 9.11. The zero-order valence-electron chi connectivity index (χ0n) is 15.7. The fourth-order valence-corrected chi connectivity index (χ4v) is 3.04. The summed E-state index contributed by atoms with van der Waals surface area (Å²) in [6, 6.07) is 9.42. The second-order valence-electron chi connectivity index (χ2n) is 6.43. The third-order valence-corrected chi connectivity index (χ3v) is 4.59. The molecule has 1 N–H and O–H groups in total. The molecule has 2 heterocycles. The standard InChI is InChI=1S/C20H23FN4O3/c1-28-13-8-23-19(26)15-6-7-22-18(14-15)20(27)25-11-9-24(10-12-25)17-4-2-16(21)3-5-17/h2-7,14H,8-13H2,1H3,(H,23,26). The number of hydrogen-bond acceptors (Lipinski definition) is 5. The smallest absolute Gasteiger partial charge is 0.272 e. The van der Waals surface area contributed by atoms with Gasteiger partial charge in [-0.15, -0.1) is 0 Å². The van der Waals surface area contributed by atoms with Crippen LogP contribution in [0.1, 0.15) is 20.8 Å². The Bertz CT molecular complexity index is 820. The van der Waals surface area contributed by atoms with E-state index in [1.807, 2.05) is 0 Å². The zero-order chi connectivity index (χ0) is 19.9. The van der Waals surface area contributed by atoms with Crippen molar-refractivity contribution in [2.45, 2.75) is 0 Å². The number of rotatable bonds is 6. The second-order valence-corrected chi connectivity index (χ2v) is 6.43. The van der Waals surface area contributed by atoms with Crippen molar-refractivity contribution < 1.29 is 18.7 Å². The summed E-state index contributed by atoms with van der Waals surface area (Å²) in [6.07, 6.45) is 1.47. The lowest BCUT2D eigenvalue weighted by molar-refractivity contribution is 0.0741. The Morgan fingerprint density at radius 1 is 1.14 bits per heavy atom. The molecule has 1 aromatic heterocycles. The Hall–Kier alpha value is -3.00. The predicted molar refractivity (Wildman–Crippen MR) is 103 cm³/mol. The molecule has 8 heteroatoms. The van der Waals surface area contributed by atoms with E-state index in [0.717, 1.165) is 5.69 Å². The SMILES string of the molecule is COCCNC(=O)c1ccnc(C(=O)N2CCN(c3ccc(F)cc3)CC2)c1. The van der Waals surface area contributed by atoms with Crippen molar-refractivity contribution in [1.29, 1.82) is 0 Å². The monoisotopic (exact) mass is 386 g/mol. The number of anilines is 1. The van der Waals surface area contributed by atoms with Crippen LogP contribution in [0, 0.1) is 5.82 Å². The molecular formula is C20H23FN4O3. The van der Waals surface area contributed by atoms with Crippen molar-refractivity contribution in [2.24, 2.45) is 0 Å². The molecule has 0 bridgehead atoms. The van der Waals surface area contributed by atoms with E-state index in [9.17, 15) is 14.0 Å². The van der Waals surface area contributed by atoms with Crippen LogP contribution in [-0.2, 0) is 4.74 Å². The lowest BCUT2D eigenvalue weighted by Crippen LogP contribution is -2.49. The molecule has 1 saturated heterocycles. The van der Waals surface area contributed by atoms with Crippen molar-refractivity contribution in [3.63, 3.8) is 0 Å². The summed E-state index contributed by atoms with van der Waals surface area (Å²) in [6.45, 7) is 3.17. The number of nitrogens with one attached hydrogen (secondary N) is 1. The highest BCUT2D eigenvalue weighted by molar-refractivity contribution is 5.98. The Balaban J connectivity index is 1.59. The molecule has 0 atom stereocenters. The number of carbonyl (C=O) groups excluding carboxylic acids is 2. The molecule has 1 aliphatic heterocycles. The van der Waals surface area contributed by atoms with Gasteiger partial charge < -0.3 is 19.9 Å². The molecule has 2 amide bonds. The fraction of sp³-hybridized carbons (Fsp3) is 0.350. The summed E-state index contributed by atoms with van der Waals surface area (Å²) in [7, 11) is 1.56. The number of aromatic nitrogens is 1. The van der Waals surface area contributed by atoms with Crippen molar-refractivity contribution in [1.82, 2.24) is 15.2 Å². The first-order valence-corrected chi connectivity index (χ1v) is 9.11. The number of nitrogens with zero attached hydrogens (tertiary/aromatic N) is 3. The normalized spacial score (nSPS) is 14.1. The minimum atomic E-state index is -0.269. The molecule has 7 nitrogen and oxygen atoms in total. The van der Waals surface area contributed by atoms with E-state index in [0.29, 0.717) is 44.9 Å². The van der Waals surface area contributed by atoms with Gasteiger partial charge in [0.1, 0.15) is 11.5 Å². The van der Waals surface area contributed by atoms with Crippen LogP contribution in [0.15, 0.2) is 42.6 Å². The first-order chi connectivity index (χ1) is 13.6. The number of halogens is 1. The van der Waals surface area contributed by atoms with Crippen LogP contribution in [0.25, 0.3) is 0 Å². The van der Waals surface area contributed by atoms with E-state index in [1.165, 1.54) is 24.4 Å². The highest BCUT2D eigenvalue weighted by Gasteiger charge is 2.23. The maximum Gasteiger partial charge on any atom is 0.272 e. The fourth-order valence-electron chi connectivity index (χ4n) is 3.04. The van der Waals surface area contributed by atoms with E-state index < -0.39 is 0 Å². The highest BCUT2D eigenvalue weighted by Crippen LogP contribution is 2.18. The Labute approximate surface area is 163 Å². The molecule has 0 spiro atoms. The second kappa shape index (κ2) is 9.27. The third kappa shape index (κ3) is 4.83. The summed E-state index contributed by atoms with van der Waals surface area (Å²) in [4.78, 5) is 32.9. The maximum atomic E-state index is 13.1. The lowest BCUT2D eigenvalue weighted by Gasteiger charge is -2.36. The summed E-state index contributed by atoms with van der Waals surface area (Å²) in [5.74, 6) is -0.741. The van der Waals surface area contributed by atoms with E-state index in [-0.39, 0.29) is 23.3 Å². The van der Waals surface area contributed by atoms with Gasteiger partial charge in [0.15, 0.2) is 0 Å². The minimum Gasteiger partial charge on any atom is -0.383 e. The number of amides is 2. The van der Waals surface area contributed by atoms with Crippen LogP contribution in [0.5, 0.6) is 0 Å². The number of pyridine rings is 1. The first kappa shape index (κ1) is 19.8. The summed E-state index contributed by atoms with van der Waals surface area (Å²) < 4.78 is 18.0. The minimum absolute atomic E-state index is 0.203. The molecule has 0 aliphatic carbocycles. The third-order valence-electron chi connectivity index (χ3n) is 4.59. The van der Waals surface area contributed by atoms with Gasteiger partial charge in [0.05, 0.1) is 6.61 Å². The number of benzene rings is 1. The van der Waals surface area contributed by atoms with Crippen LogP contribution >= 0.6 is 0 Å². The van der Waals surface area contributed by atoms with E-state index in [2.05, 4.69) is 15.2 Å². The quantitative estimate of drug-likeness (QED) is 0.763. The highest BCUT2D eigenvalue weighted by atomic mass is 19.1. The molecule has 0 unspecified atom stereocenters. The lowest BCUT2D eigenvalue weighted by atomic mass is 10.2. The van der Waals surface area contributed by atoms with Crippen molar-refractivity contribution in [2.75, 3.05) is 51.3 Å². The van der Waals surface area contributed by atoms with E-state index >= 15 is 0 Å². The maximum absolute atomic E-state index is 13.1. The van der Waals surface area contributed by atoms with E-state index in [1.54, 1.807) is 30.2 Å². The Morgan fingerprint density at radius 3 is 2.54 bits per heavy atom. The number of hydrogen-bond donors (Lipinski definition) is 1. The average molecular weight is 386 g/mol. The van der Waals surface area contributed by atoms with Gasteiger partial charge in [-0.25, -0.2) is 4.39 Å². The van der Waals surface area contributed by atoms with Gasteiger partial charge in [-0.2, -0.15) is 0 Å². The average Bonchev–Trinajstić information content (AvgIpc) is 2.74. The predicted octanol–water partition coefficient (Wildman–Crippen LogP) is 1.56. The molecule has 3 rings (SSSR count). The number of ether oxygens (including phenoxy) is 1. The van der Waals surface area contributed by atoms with Crippen LogP contribution in [-0.4, -0.2) is 68.1 Å². The van der Waals surface area contributed by atoms with Gasteiger partial charge in [0.2, 0.25) is 0 Å². The van der Waals surface area contributed by atoms with Crippen molar-refractivity contribution in [3.05, 3.63) is 59.7 Å².